The van der Waals surface area contributed by atoms with E-state index in [1.54, 1.807) is 0 Å². The quantitative estimate of drug-likeness (QED) is 0.855. The van der Waals surface area contributed by atoms with Gasteiger partial charge in [0.05, 0.1) is 0 Å². The van der Waals surface area contributed by atoms with Gasteiger partial charge in [0.2, 0.25) is 0 Å². The molecule has 146 valence electrons. The predicted octanol–water partition coefficient (Wildman–Crippen LogP) is 4.08. The van der Waals surface area contributed by atoms with E-state index >= 15 is 0 Å². The van der Waals surface area contributed by atoms with Crippen molar-refractivity contribution in [2.24, 2.45) is 0 Å². The number of H-pyrrole nitrogens is 1. The van der Waals surface area contributed by atoms with Crippen LogP contribution in [0.1, 0.15) is 56.4 Å². The lowest BCUT2D eigenvalue weighted by Crippen LogP contribution is -2.42. The summed E-state index contributed by atoms with van der Waals surface area (Å²) < 4.78 is 0. The standard InChI is InChI=1S/C22H32N4O/c1-16(2)25-12-8-18(9-13-25)23-19-6-7-20-17(14-19)15-21(24-20)22(27)26-10-4-3-5-11-26/h6-7,14-16,18,23-24H,3-5,8-13H2,1-2H3. The van der Waals surface area contributed by atoms with Crippen molar-refractivity contribution in [1.29, 1.82) is 0 Å². The molecule has 0 saturated carbocycles. The Morgan fingerprint density at radius 2 is 1.81 bits per heavy atom. The lowest BCUT2D eigenvalue weighted by atomic mass is 10.0. The average molecular weight is 369 g/mol. The highest BCUT2D eigenvalue weighted by molar-refractivity contribution is 5.98. The fourth-order valence-electron chi connectivity index (χ4n) is 4.40. The molecule has 2 aliphatic rings. The zero-order chi connectivity index (χ0) is 18.8. The molecule has 0 bridgehead atoms. The molecule has 0 radical (unpaired) electrons. The molecule has 0 unspecified atom stereocenters. The van der Waals surface area contributed by atoms with Gasteiger partial charge in [0.1, 0.15) is 5.69 Å². The first-order valence-corrected chi connectivity index (χ1v) is 10.5. The maximum absolute atomic E-state index is 12.7. The van der Waals surface area contributed by atoms with Gasteiger partial charge in [0, 0.05) is 54.9 Å². The first kappa shape index (κ1) is 18.4. The Hall–Kier alpha value is -2.01. The molecule has 5 nitrogen and oxygen atoms in total. The SMILES string of the molecule is CC(C)N1CCC(Nc2ccc3[nH]c(C(=O)N4CCCCC4)cc3c2)CC1. The largest absolute Gasteiger partial charge is 0.382 e. The molecule has 0 spiro atoms. The molecule has 2 aromatic rings. The van der Waals surface area contributed by atoms with Gasteiger partial charge in [-0.2, -0.15) is 0 Å². The minimum Gasteiger partial charge on any atom is -0.382 e. The fourth-order valence-corrected chi connectivity index (χ4v) is 4.40. The zero-order valence-electron chi connectivity index (χ0n) is 16.6. The molecule has 3 heterocycles. The van der Waals surface area contributed by atoms with Crippen molar-refractivity contribution >= 4 is 22.5 Å². The van der Waals surface area contributed by atoms with Gasteiger partial charge in [0.25, 0.3) is 5.91 Å². The van der Waals surface area contributed by atoms with E-state index in [1.165, 1.54) is 19.3 Å². The summed E-state index contributed by atoms with van der Waals surface area (Å²) in [4.78, 5) is 20.6. The van der Waals surface area contributed by atoms with Crippen LogP contribution >= 0.6 is 0 Å². The molecular weight excluding hydrogens is 336 g/mol. The normalized spacial score (nSPS) is 19.7. The van der Waals surface area contributed by atoms with Crippen LogP contribution in [-0.4, -0.2) is 59.0 Å². The Kier molecular flexibility index (Phi) is 5.39. The van der Waals surface area contributed by atoms with Gasteiger partial charge in [0.15, 0.2) is 0 Å². The lowest BCUT2D eigenvalue weighted by molar-refractivity contribution is 0.0719. The monoisotopic (exact) mass is 368 g/mol. The molecule has 0 aliphatic carbocycles. The summed E-state index contributed by atoms with van der Waals surface area (Å²) in [5.41, 5.74) is 2.91. The van der Waals surface area contributed by atoms with Crippen LogP contribution in [0.15, 0.2) is 24.3 Å². The summed E-state index contributed by atoms with van der Waals surface area (Å²) in [5.74, 6) is 0.140. The van der Waals surface area contributed by atoms with Crippen molar-refractivity contribution < 1.29 is 4.79 Å². The van der Waals surface area contributed by atoms with Crippen LogP contribution < -0.4 is 5.32 Å². The topological polar surface area (TPSA) is 51.4 Å². The number of carbonyl (C=O) groups excluding carboxylic acids is 1. The second-order valence-electron chi connectivity index (χ2n) is 8.39. The molecule has 2 fully saturated rings. The van der Waals surface area contributed by atoms with Gasteiger partial charge < -0.3 is 20.1 Å². The number of piperidine rings is 2. The summed E-state index contributed by atoms with van der Waals surface area (Å²) in [7, 11) is 0. The number of hydrogen-bond donors (Lipinski definition) is 2. The van der Waals surface area contributed by atoms with Crippen LogP contribution in [0.3, 0.4) is 0 Å². The Morgan fingerprint density at radius 3 is 2.52 bits per heavy atom. The van der Waals surface area contributed by atoms with Gasteiger partial charge in [-0.15, -0.1) is 0 Å². The lowest BCUT2D eigenvalue weighted by Gasteiger charge is -2.35. The number of carbonyl (C=O) groups is 1. The number of nitrogens with one attached hydrogen (secondary N) is 2. The molecule has 1 aromatic heterocycles. The Bertz CT molecular complexity index is 783. The van der Waals surface area contributed by atoms with E-state index in [0.29, 0.717) is 17.8 Å². The fraction of sp³-hybridized carbons (Fsp3) is 0.591. The molecule has 1 aromatic carbocycles. The highest BCUT2D eigenvalue weighted by atomic mass is 16.2. The first-order chi connectivity index (χ1) is 13.1. The van der Waals surface area contributed by atoms with Crippen LogP contribution in [0.4, 0.5) is 5.69 Å². The zero-order valence-corrected chi connectivity index (χ0v) is 16.6. The maximum atomic E-state index is 12.7. The smallest absolute Gasteiger partial charge is 0.270 e. The number of hydrogen-bond acceptors (Lipinski definition) is 3. The van der Waals surface area contributed by atoms with E-state index in [4.69, 9.17) is 0 Å². The van der Waals surface area contributed by atoms with Crippen LogP contribution in [0.5, 0.6) is 0 Å². The van der Waals surface area contributed by atoms with Gasteiger partial charge in [-0.3, -0.25) is 4.79 Å². The summed E-state index contributed by atoms with van der Waals surface area (Å²) in [5, 5.41) is 4.81. The van der Waals surface area contributed by atoms with Crippen LogP contribution in [-0.2, 0) is 0 Å². The summed E-state index contributed by atoms with van der Waals surface area (Å²) >= 11 is 0. The minimum absolute atomic E-state index is 0.140. The number of likely N-dealkylation sites (tertiary alicyclic amines) is 2. The van der Waals surface area contributed by atoms with E-state index in [9.17, 15) is 4.79 Å². The number of amides is 1. The van der Waals surface area contributed by atoms with Crippen molar-refractivity contribution in [2.75, 3.05) is 31.5 Å². The molecular formula is C22H32N4O. The molecule has 4 rings (SSSR count). The van der Waals surface area contributed by atoms with Gasteiger partial charge in [-0.25, -0.2) is 0 Å². The number of nitrogens with zero attached hydrogens (tertiary/aromatic N) is 2. The van der Waals surface area contributed by atoms with Crippen molar-refractivity contribution in [1.82, 2.24) is 14.8 Å². The Labute approximate surface area is 162 Å². The molecule has 0 atom stereocenters. The molecule has 27 heavy (non-hydrogen) atoms. The second-order valence-corrected chi connectivity index (χ2v) is 8.39. The van der Waals surface area contributed by atoms with Crippen LogP contribution in [0.25, 0.3) is 10.9 Å². The highest BCUT2D eigenvalue weighted by Gasteiger charge is 2.22. The maximum Gasteiger partial charge on any atom is 0.270 e. The minimum atomic E-state index is 0.140. The molecule has 1 amide bonds. The number of benzene rings is 1. The van der Waals surface area contributed by atoms with E-state index in [-0.39, 0.29) is 5.91 Å². The first-order valence-electron chi connectivity index (χ1n) is 10.5. The Balaban J connectivity index is 1.43. The molecule has 2 aliphatic heterocycles. The van der Waals surface area contributed by atoms with E-state index in [0.717, 1.165) is 55.6 Å². The summed E-state index contributed by atoms with van der Waals surface area (Å²) in [6, 6.07) is 9.58. The third-order valence-corrected chi connectivity index (χ3v) is 6.13. The Morgan fingerprint density at radius 1 is 1.07 bits per heavy atom. The molecule has 2 N–H and O–H groups in total. The van der Waals surface area contributed by atoms with E-state index < -0.39 is 0 Å². The van der Waals surface area contributed by atoms with Crippen molar-refractivity contribution in [3.8, 4) is 0 Å². The number of aromatic amines is 1. The van der Waals surface area contributed by atoms with Crippen LogP contribution in [0, 0.1) is 0 Å². The van der Waals surface area contributed by atoms with Gasteiger partial charge in [-0.05, 0) is 70.2 Å². The van der Waals surface area contributed by atoms with E-state index in [2.05, 4.69) is 47.2 Å². The number of fused-ring (bicyclic) bond motifs is 1. The second kappa shape index (κ2) is 7.93. The van der Waals surface area contributed by atoms with E-state index in [1.807, 2.05) is 11.0 Å². The van der Waals surface area contributed by atoms with Gasteiger partial charge >= 0.3 is 0 Å². The molecule has 5 heteroatoms. The number of anilines is 1. The number of rotatable bonds is 4. The van der Waals surface area contributed by atoms with Crippen molar-refractivity contribution in [3.63, 3.8) is 0 Å². The molecule has 2 saturated heterocycles. The highest BCUT2D eigenvalue weighted by Crippen LogP contribution is 2.24. The van der Waals surface area contributed by atoms with Crippen molar-refractivity contribution in [2.45, 2.75) is 58.0 Å². The summed E-state index contributed by atoms with van der Waals surface area (Å²) in [6.07, 6.45) is 5.84. The predicted molar refractivity (Wildman–Crippen MR) is 111 cm³/mol. The van der Waals surface area contributed by atoms with Crippen LogP contribution in [0.2, 0.25) is 0 Å². The third kappa shape index (κ3) is 4.13. The average Bonchev–Trinajstić information content (AvgIpc) is 3.12. The van der Waals surface area contributed by atoms with Crippen molar-refractivity contribution in [3.05, 3.63) is 30.0 Å². The summed E-state index contributed by atoms with van der Waals surface area (Å²) in [6.45, 7) is 8.64. The third-order valence-electron chi connectivity index (χ3n) is 6.13. The number of aromatic nitrogens is 1. The van der Waals surface area contributed by atoms with Gasteiger partial charge in [-0.1, -0.05) is 0 Å².